The van der Waals surface area contributed by atoms with E-state index in [1.807, 2.05) is 36.4 Å². The third-order valence-electron chi connectivity index (χ3n) is 9.26. The van der Waals surface area contributed by atoms with E-state index in [2.05, 4.69) is 162 Å². The summed E-state index contributed by atoms with van der Waals surface area (Å²) >= 11 is 0. The lowest BCUT2D eigenvalue weighted by molar-refractivity contribution is 1.10. The standard InChI is InChI=1S/C47H32N4/c1-4-13-33(14-5-1)34-23-27-37(28-24-34)44-32-43(36-15-6-2-7-16-36)48-46(49-44)40-18-12-17-39(31-40)35-25-29-38(30-26-35)47-50-42-21-10-11-22-45(42)51(47)41-19-8-3-9-20-41/h1-32H. The molecule has 0 amide bonds. The van der Waals surface area contributed by atoms with Crippen LogP contribution in [0, 0.1) is 0 Å². The highest BCUT2D eigenvalue weighted by atomic mass is 15.1. The van der Waals surface area contributed by atoms with Crippen molar-refractivity contribution in [1.82, 2.24) is 19.5 Å². The summed E-state index contributed by atoms with van der Waals surface area (Å²) in [5.41, 5.74) is 13.6. The molecule has 0 aliphatic heterocycles. The molecule has 0 aliphatic carbocycles. The molecule has 0 bridgehead atoms. The topological polar surface area (TPSA) is 43.6 Å². The van der Waals surface area contributed by atoms with Gasteiger partial charge in [0, 0.05) is 27.9 Å². The average molecular weight is 653 g/mol. The minimum atomic E-state index is 0.688. The van der Waals surface area contributed by atoms with Gasteiger partial charge in [-0.15, -0.1) is 0 Å². The van der Waals surface area contributed by atoms with Crippen LogP contribution in [0.25, 0.3) is 84.3 Å². The van der Waals surface area contributed by atoms with Crippen molar-refractivity contribution in [3.8, 4) is 73.2 Å². The molecule has 51 heavy (non-hydrogen) atoms. The highest BCUT2D eigenvalue weighted by Crippen LogP contribution is 2.33. The van der Waals surface area contributed by atoms with Crippen molar-refractivity contribution >= 4 is 11.0 Å². The van der Waals surface area contributed by atoms with Crippen LogP contribution in [0.15, 0.2) is 194 Å². The predicted molar refractivity (Wildman–Crippen MR) is 209 cm³/mol. The van der Waals surface area contributed by atoms with Crippen molar-refractivity contribution < 1.29 is 0 Å². The molecule has 0 saturated heterocycles. The van der Waals surface area contributed by atoms with Crippen LogP contribution in [-0.4, -0.2) is 19.5 Å². The molecule has 0 fully saturated rings. The second-order valence-electron chi connectivity index (χ2n) is 12.5. The van der Waals surface area contributed by atoms with Gasteiger partial charge in [-0.2, -0.15) is 0 Å². The van der Waals surface area contributed by atoms with Gasteiger partial charge in [-0.05, 0) is 58.7 Å². The third-order valence-corrected chi connectivity index (χ3v) is 9.26. The van der Waals surface area contributed by atoms with Crippen LogP contribution in [0.4, 0.5) is 0 Å². The van der Waals surface area contributed by atoms with Gasteiger partial charge >= 0.3 is 0 Å². The van der Waals surface area contributed by atoms with Crippen LogP contribution < -0.4 is 0 Å². The number of hydrogen-bond donors (Lipinski definition) is 0. The molecular weight excluding hydrogens is 621 g/mol. The number of para-hydroxylation sites is 3. The van der Waals surface area contributed by atoms with Crippen molar-refractivity contribution in [1.29, 1.82) is 0 Å². The third kappa shape index (κ3) is 6.00. The first-order valence-electron chi connectivity index (χ1n) is 17.1. The molecule has 0 aliphatic rings. The van der Waals surface area contributed by atoms with Gasteiger partial charge in [-0.3, -0.25) is 4.57 Å². The molecule has 0 radical (unpaired) electrons. The van der Waals surface area contributed by atoms with Crippen LogP contribution in [0.1, 0.15) is 0 Å². The molecule has 0 atom stereocenters. The summed E-state index contributed by atoms with van der Waals surface area (Å²) in [6.07, 6.45) is 0. The van der Waals surface area contributed by atoms with E-state index in [9.17, 15) is 0 Å². The SMILES string of the molecule is c1ccc(-c2ccc(-c3cc(-c4ccccc4)nc(-c4cccc(-c5ccc(-c6nc7ccccc7n6-c6ccccc6)cc5)c4)n3)cc2)cc1. The molecule has 0 spiro atoms. The largest absolute Gasteiger partial charge is 0.292 e. The monoisotopic (exact) mass is 652 g/mol. The Morgan fingerprint density at radius 2 is 0.784 bits per heavy atom. The van der Waals surface area contributed by atoms with Crippen molar-refractivity contribution in [2.75, 3.05) is 0 Å². The van der Waals surface area contributed by atoms with Gasteiger partial charge in [-0.25, -0.2) is 15.0 Å². The Hall–Kier alpha value is -6.91. The summed E-state index contributed by atoms with van der Waals surface area (Å²) in [6, 6.07) is 67.3. The first kappa shape index (κ1) is 30.2. The number of hydrogen-bond acceptors (Lipinski definition) is 3. The first-order valence-corrected chi connectivity index (χ1v) is 17.1. The van der Waals surface area contributed by atoms with Gasteiger partial charge in [-0.1, -0.05) is 158 Å². The number of imidazole rings is 1. The summed E-state index contributed by atoms with van der Waals surface area (Å²) in [5.74, 6) is 1.60. The fourth-order valence-electron chi connectivity index (χ4n) is 6.65. The quantitative estimate of drug-likeness (QED) is 0.172. The van der Waals surface area contributed by atoms with Gasteiger partial charge in [0.2, 0.25) is 0 Å². The van der Waals surface area contributed by atoms with Crippen molar-refractivity contribution in [2.24, 2.45) is 0 Å². The van der Waals surface area contributed by atoms with Crippen LogP contribution in [0.5, 0.6) is 0 Å². The van der Waals surface area contributed by atoms with Crippen LogP contribution in [0.3, 0.4) is 0 Å². The number of benzene rings is 7. The molecule has 2 aromatic heterocycles. The Balaban J connectivity index is 1.08. The summed E-state index contributed by atoms with van der Waals surface area (Å²) in [7, 11) is 0. The Bertz CT molecular complexity index is 2590. The molecular formula is C47H32N4. The Morgan fingerprint density at radius 1 is 0.314 bits per heavy atom. The molecule has 2 heterocycles. The van der Waals surface area contributed by atoms with E-state index in [0.29, 0.717) is 5.82 Å². The minimum Gasteiger partial charge on any atom is -0.292 e. The summed E-state index contributed by atoms with van der Waals surface area (Å²) < 4.78 is 2.23. The molecule has 9 aromatic rings. The van der Waals surface area contributed by atoms with E-state index in [1.165, 1.54) is 11.1 Å². The fraction of sp³-hybridized carbons (Fsp3) is 0. The summed E-state index contributed by atoms with van der Waals surface area (Å²) in [6.45, 7) is 0. The van der Waals surface area contributed by atoms with E-state index in [-0.39, 0.29) is 0 Å². The molecule has 0 N–H and O–H groups in total. The molecule has 9 rings (SSSR count). The molecule has 7 aromatic carbocycles. The van der Waals surface area contributed by atoms with Gasteiger partial charge < -0.3 is 0 Å². The van der Waals surface area contributed by atoms with Crippen LogP contribution in [-0.2, 0) is 0 Å². The average Bonchev–Trinajstić information content (AvgIpc) is 3.62. The maximum atomic E-state index is 5.13. The Kier molecular flexibility index (Phi) is 7.80. The minimum absolute atomic E-state index is 0.688. The fourth-order valence-corrected chi connectivity index (χ4v) is 6.65. The van der Waals surface area contributed by atoms with E-state index >= 15 is 0 Å². The van der Waals surface area contributed by atoms with Crippen molar-refractivity contribution in [3.05, 3.63) is 194 Å². The smallest absolute Gasteiger partial charge is 0.160 e. The predicted octanol–water partition coefficient (Wildman–Crippen LogP) is 11.8. The lowest BCUT2D eigenvalue weighted by Crippen LogP contribution is -1.97. The number of fused-ring (bicyclic) bond motifs is 1. The zero-order valence-electron chi connectivity index (χ0n) is 27.8. The molecule has 0 saturated carbocycles. The van der Waals surface area contributed by atoms with Gasteiger partial charge in [0.15, 0.2) is 5.82 Å². The van der Waals surface area contributed by atoms with E-state index in [1.54, 1.807) is 0 Å². The highest BCUT2D eigenvalue weighted by molar-refractivity contribution is 5.84. The normalized spacial score (nSPS) is 11.1. The van der Waals surface area contributed by atoms with E-state index < -0.39 is 0 Å². The van der Waals surface area contributed by atoms with Crippen LogP contribution in [0.2, 0.25) is 0 Å². The molecule has 4 nitrogen and oxygen atoms in total. The summed E-state index contributed by atoms with van der Waals surface area (Å²) in [5, 5.41) is 0. The Labute approximate surface area is 297 Å². The second kappa shape index (κ2) is 13.2. The Morgan fingerprint density at radius 3 is 1.47 bits per heavy atom. The molecule has 240 valence electrons. The lowest BCUT2D eigenvalue weighted by atomic mass is 10.00. The molecule has 0 unspecified atom stereocenters. The maximum absolute atomic E-state index is 5.13. The number of rotatable bonds is 7. The summed E-state index contributed by atoms with van der Waals surface area (Å²) in [4.78, 5) is 15.3. The number of nitrogens with zero attached hydrogens (tertiary/aromatic N) is 4. The van der Waals surface area contributed by atoms with E-state index in [4.69, 9.17) is 15.0 Å². The van der Waals surface area contributed by atoms with Gasteiger partial charge in [0.1, 0.15) is 5.82 Å². The first-order chi connectivity index (χ1) is 25.3. The van der Waals surface area contributed by atoms with Gasteiger partial charge in [0.05, 0.1) is 22.4 Å². The highest BCUT2D eigenvalue weighted by Gasteiger charge is 2.15. The molecule has 4 heteroatoms. The zero-order valence-corrected chi connectivity index (χ0v) is 27.8. The van der Waals surface area contributed by atoms with Crippen molar-refractivity contribution in [2.45, 2.75) is 0 Å². The van der Waals surface area contributed by atoms with Crippen molar-refractivity contribution in [3.63, 3.8) is 0 Å². The van der Waals surface area contributed by atoms with Crippen LogP contribution >= 0.6 is 0 Å². The van der Waals surface area contributed by atoms with Gasteiger partial charge in [0.25, 0.3) is 0 Å². The van der Waals surface area contributed by atoms with E-state index in [0.717, 1.165) is 67.3 Å². The second-order valence-corrected chi connectivity index (χ2v) is 12.5. The number of aromatic nitrogens is 4. The maximum Gasteiger partial charge on any atom is 0.160 e. The lowest BCUT2D eigenvalue weighted by Gasteiger charge is -2.12. The zero-order chi connectivity index (χ0) is 34.0.